The summed E-state index contributed by atoms with van der Waals surface area (Å²) in [5, 5.41) is 6.86. The SMILES string of the molecule is Cc1ccc(-c2n[nH]c(=S)n2CCC(=O)N(Cc2ccco2)CC(F)(F)F)cc1. The van der Waals surface area contributed by atoms with Crippen LogP contribution in [0.1, 0.15) is 17.7 Å². The van der Waals surface area contributed by atoms with E-state index in [1.165, 1.54) is 12.3 Å². The largest absolute Gasteiger partial charge is 0.467 e. The molecule has 10 heteroatoms. The number of nitrogens with zero attached hydrogens (tertiary/aromatic N) is 3. The van der Waals surface area contributed by atoms with Gasteiger partial charge in [0.2, 0.25) is 5.91 Å². The fourth-order valence-corrected chi connectivity index (χ4v) is 3.08. The van der Waals surface area contributed by atoms with E-state index in [1.807, 2.05) is 31.2 Å². The highest BCUT2D eigenvalue weighted by Gasteiger charge is 2.33. The van der Waals surface area contributed by atoms with Crippen LogP contribution in [0.25, 0.3) is 11.4 Å². The van der Waals surface area contributed by atoms with Crippen LogP contribution >= 0.6 is 12.2 Å². The highest BCUT2D eigenvalue weighted by Crippen LogP contribution is 2.21. The second-order valence-corrected chi connectivity index (χ2v) is 6.95. The number of amides is 1. The van der Waals surface area contributed by atoms with E-state index in [1.54, 1.807) is 10.6 Å². The zero-order chi connectivity index (χ0) is 21.0. The molecule has 0 saturated carbocycles. The molecular formula is C19H19F3N4O2S. The van der Waals surface area contributed by atoms with E-state index in [0.717, 1.165) is 16.0 Å². The molecule has 0 radical (unpaired) electrons. The second-order valence-electron chi connectivity index (χ2n) is 6.56. The highest BCUT2D eigenvalue weighted by atomic mass is 32.1. The van der Waals surface area contributed by atoms with Crippen molar-refractivity contribution in [2.45, 2.75) is 32.6 Å². The molecule has 1 N–H and O–H groups in total. The third-order valence-electron chi connectivity index (χ3n) is 4.27. The number of carbonyl (C=O) groups is 1. The van der Waals surface area contributed by atoms with Crippen molar-refractivity contribution in [1.29, 1.82) is 0 Å². The molecule has 0 atom stereocenters. The number of alkyl halides is 3. The Morgan fingerprint density at radius 2 is 2.00 bits per heavy atom. The predicted octanol–water partition coefficient (Wildman–Crippen LogP) is 4.49. The number of aromatic amines is 1. The first kappa shape index (κ1) is 20.8. The fraction of sp³-hybridized carbons (Fsp3) is 0.316. The van der Waals surface area contributed by atoms with Crippen molar-refractivity contribution in [3.05, 3.63) is 58.8 Å². The molecule has 1 aromatic carbocycles. The Hall–Kier alpha value is -2.88. The minimum Gasteiger partial charge on any atom is -0.467 e. The smallest absolute Gasteiger partial charge is 0.406 e. The number of aromatic nitrogens is 3. The van der Waals surface area contributed by atoms with Gasteiger partial charge in [0.1, 0.15) is 12.3 Å². The molecule has 2 heterocycles. The van der Waals surface area contributed by atoms with E-state index in [-0.39, 0.29) is 25.3 Å². The molecule has 0 fully saturated rings. The summed E-state index contributed by atoms with van der Waals surface area (Å²) < 4.78 is 45.8. The lowest BCUT2D eigenvalue weighted by molar-refractivity contribution is -0.163. The van der Waals surface area contributed by atoms with Gasteiger partial charge in [-0.3, -0.25) is 14.5 Å². The zero-order valence-corrected chi connectivity index (χ0v) is 16.4. The van der Waals surface area contributed by atoms with E-state index in [4.69, 9.17) is 16.6 Å². The summed E-state index contributed by atoms with van der Waals surface area (Å²) in [5.74, 6) is 0.149. The second kappa shape index (κ2) is 8.64. The van der Waals surface area contributed by atoms with Crippen molar-refractivity contribution in [2.75, 3.05) is 6.54 Å². The van der Waals surface area contributed by atoms with E-state index in [9.17, 15) is 18.0 Å². The van der Waals surface area contributed by atoms with Crippen LogP contribution in [0.3, 0.4) is 0 Å². The van der Waals surface area contributed by atoms with Gasteiger partial charge in [-0.25, -0.2) is 0 Å². The van der Waals surface area contributed by atoms with Crippen molar-refractivity contribution in [3.8, 4) is 11.4 Å². The van der Waals surface area contributed by atoms with Gasteiger partial charge in [-0.05, 0) is 31.3 Å². The Balaban J connectivity index is 1.75. The summed E-state index contributed by atoms with van der Waals surface area (Å²) in [5.41, 5.74) is 1.86. The van der Waals surface area contributed by atoms with Gasteiger partial charge in [-0.15, -0.1) is 0 Å². The monoisotopic (exact) mass is 424 g/mol. The summed E-state index contributed by atoms with van der Waals surface area (Å²) in [7, 11) is 0. The van der Waals surface area contributed by atoms with Gasteiger partial charge in [-0.2, -0.15) is 18.3 Å². The molecule has 0 unspecified atom stereocenters. The Morgan fingerprint density at radius 1 is 1.28 bits per heavy atom. The van der Waals surface area contributed by atoms with Crippen LogP contribution in [0.2, 0.25) is 0 Å². The van der Waals surface area contributed by atoms with E-state index in [0.29, 0.717) is 10.6 Å². The fourth-order valence-electron chi connectivity index (χ4n) is 2.85. The first-order valence-corrected chi connectivity index (χ1v) is 9.23. The molecule has 0 aliphatic carbocycles. The van der Waals surface area contributed by atoms with Crippen molar-refractivity contribution < 1.29 is 22.4 Å². The molecule has 0 saturated heterocycles. The van der Waals surface area contributed by atoms with Crippen LogP contribution in [0, 0.1) is 11.7 Å². The first-order valence-electron chi connectivity index (χ1n) is 8.82. The van der Waals surface area contributed by atoms with Crippen LogP contribution in [-0.2, 0) is 17.9 Å². The lowest BCUT2D eigenvalue weighted by Crippen LogP contribution is -2.38. The molecule has 0 bridgehead atoms. The van der Waals surface area contributed by atoms with Crippen molar-refractivity contribution in [2.24, 2.45) is 0 Å². The van der Waals surface area contributed by atoms with Gasteiger partial charge < -0.3 is 9.32 Å². The Morgan fingerprint density at radius 3 is 2.62 bits per heavy atom. The lowest BCUT2D eigenvalue weighted by atomic mass is 10.1. The normalized spacial score (nSPS) is 11.6. The highest BCUT2D eigenvalue weighted by molar-refractivity contribution is 7.71. The van der Waals surface area contributed by atoms with E-state index >= 15 is 0 Å². The topological polar surface area (TPSA) is 67.1 Å². The van der Waals surface area contributed by atoms with E-state index in [2.05, 4.69) is 10.2 Å². The Labute approximate surface area is 169 Å². The number of benzene rings is 1. The molecule has 3 rings (SSSR count). The predicted molar refractivity (Wildman–Crippen MR) is 102 cm³/mol. The number of H-pyrrole nitrogens is 1. The molecule has 0 spiro atoms. The maximum absolute atomic E-state index is 12.9. The number of furan rings is 1. The average Bonchev–Trinajstić information content (AvgIpc) is 3.28. The van der Waals surface area contributed by atoms with Gasteiger partial charge in [0, 0.05) is 18.5 Å². The van der Waals surface area contributed by atoms with Gasteiger partial charge in [0.15, 0.2) is 10.6 Å². The van der Waals surface area contributed by atoms with Crippen molar-refractivity contribution in [3.63, 3.8) is 0 Å². The zero-order valence-electron chi connectivity index (χ0n) is 15.6. The molecular weight excluding hydrogens is 405 g/mol. The number of rotatable bonds is 7. The van der Waals surface area contributed by atoms with Crippen LogP contribution in [0.15, 0.2) is 47.1 Å². The molecule has 3 aromatic rings. The molecule has 2 aromatic heterocycles. The summed E-state index contributed by atoms with van der Waals surface area (Å²) in [6.45, 7) is 0.443. The summed E-state index contributed by atoms with van der Waals surface area (Å²) in [6, 6.07) is 10.6. The van der Waals surface area contributed by atoms with Crippen LogP contribution in [-0.4, -0.2) is 38.3 Å². The number of aryl methyl sites for hydroxylation is 1. The number of hydrogen-bond acceptors (Lipinski definition) is 4. The molecule has 29 heavy (non-hydrogen) atoms. The minimum atomic E-state index is -4.51. The van der Waals surface area contributed by atoms with Crippen LogP contribution in [0.5, 0.6) is 0 Å². The number of hydrogen-bond donors (Lipinski definition) is 1. The average molecular weight is 424 g/mol. The quantitative estimate of drug-likeness (QED) is 0.568. The van der Waals surface area contributed by atoms with E-state index < -0.39 is 18.6 Å². The van der Waals surface area contributed by atoms with Crippen molar-refractivity contribution in [1.82, 2.24) is 19.7 Å². The third-order valence-corrected chi connectivity index (χ3v) is 4.58. The minimum absolute atomic E-state index is 0.101. The summed E-state index contributed by atoms with van der Waals surface area (Å²) >= 11 is 5.22. The van der Waals surface area contributed by atoms with Crippen LogP contribution in [0.4, 0.5) is 13.2 Å². The number of carbonyl (C=O) groups excluding carboxylic acids is 1. The molecule has 6 nitrogen and oxygen atoms in total. The van der Waals surface area contributed by atoms with Gasteiger partial charge in [-0.1, -0.05) is 29.8 Å². The van der Waals surface area contributed by atoms with Gasteiger partial charge >= 0.3 is 6.18 Å². The first-order chi connectivity index (χ1) is 13.7. The Bertz CT molecular complexity index is 1010. The maximum atomic E-state index is 12.9. The number of nitrogens with one attached hydrogen (secondary N) is 1. The summed E-state index contributed by atoms with van der Waals surface area (Å²) in [4.78, 5) is 13.3. The maximum Gasteiger partial charge on any atom is 0.406 e. The molecule has 1 amide bonds. The standard InChI is InChI=1S/C19H19F3N4O2S/c1-13-4-6-14(7-5-13)17-23-24-18(29)26(17)9-8-16(27)25(12-19(20,21)22)11-15-3-2-10-28-15/h2-7,10H,8-9,11-12H2,1H3,(H,24,29). The lowest BCUT2D eigenvalue weighted by Gasteiger charge is -2.23. The molecule has 0 aliphatic heterocycles. The van der Waals surface area contributed by atoms with Crippen LogP contribution < -0.4 is 0 Å². The third kappa shape index (κ3) is 5.57. The van der Waals surface area contributed by atoms with Crippen molar-refractivity contribution >= 4 is 18.1 Å². The Kier molecular flexibility index (Phi) is 6.21. The summed E-state index contributed by atoms with van der Waals surface area (Å²) in [6.07, 6.45) is -3.32. The molecule has 154 valence electrons. The number of halogens is 3. The van der Waals surface area contributed by atoms with Gasteiger partial charge in [0.05, 0.1) is 12.8 Å². The molecule has 0 aliphatic rings. The van der Waals surface area contributed by atoms with Gasteiger partial charge in [0.25, 0.3) is 0 Å².